The van der Waals surface area contributed by atoms with E-state index in [-0.39, 0.29) is 11.8 Å². The van der Waals surface area contributed by atoms with E-state index < -0.39 is 0 Å². The number of rotatable bonds is 3. The third-order valence-corrected chi connectivity index (χ3v) is 4.17. The third-order valence-electron chi connectivity index (χ3n) is 4.17. The summed E-state index contributed by atoms with van der Waals surface area (Å²) in [6.07, 6.45) is 3.04. The number of para-hydroxylation sites is 1. The van der Waals surface area contributed by atoms with Gasteiger partial charge in [0, 0.05) is 25.4 Å². The molecular formula is C15H20N2O2. The van der Waals surface area contributed by atoms with Crippen LogP contribution in [0.2, 0.25) is 0 Å². The average Bonchev–Trinajstić information content (AvgIpc) is 2.41. The fourth-order valence-electron chi connectivity index (χ4n) is 2.82. The second-order valence-electron chi connectivity index (χ2n) is 5.47. The van der Waals surface area contributed by atoms with Crippen LogP contribution in [-0.4, -0.2) is 31.7 Å². The highest BCUT2D eigenvalue weighted by Crippen LogP contribution is 2.26. The minimum Gasteiger partial charge on any atom is -0.384 e. The summed E-state index contributed by atoms with van der Waals surface area (Å²) in [6.45, 7) is 0.725. The summed E-state index contributed by atoms with van der Waals surface area (Å²) in [7, 11) is 1.73. The SMILES string of the molecule is COC1CC(NC(=O)C2CNc3ccccc3C2)C1. The van der Waals surface area contributed by atoms with Gasteiger partial charge in [-0.3, -0.25) is 4.79 Å². The molecule has 0 saturated heterocycles. The largest absolute Gasteiger partial charge is 0.384 e. The molecule has 1 amide bonds. The predicted molar refractivity (Wildman–Crippen MR) is 74.1 cm³/mol. The molecule has 1 unspecified atom stereocenters. The quantitative estimate of drug-likeness (QED) is 0.867. The van der Waals surface area contributed by atoms with E-state index in [9.17, 15) is 4.79 Å². The lowest BCUT2D eigenvalue weighted by Gasteiger charge is -2.36. The van der Waals surface area contributed by atoms with Gasteiger partial charge in [0.1, 0.15) is 0 Å². The van der Waals surface area contributed by atoms with E-state index in [0.29, 0.717) is 12.1 Å². The van der Waals surface area contributed by atoms with Crippen LogP contribution in [0.5, 0.6) is 0 Å². The second kappa shape index (κ2) is 5.21. The smallest absolute Gasteiger partial charge is 0.225 e. The van der Waals surface area contributed by atoms with Crippen molar-refractivity contribution in [3.63, 3.8) is 0 Å². The molecule has 19 heavy (non-hydrogen) atoms. The van der Waals surface area contributed by atoms with E-state index in [1.165, 1.54) is 5.56 Å². The molecule has 102 valence electrons. The zero-order valence-corrected chi connectivity index (χ0v) is 11.2. The van der Waals surface area contributed by atoms with Crippen molar-refractivity contribution >= 4 is 11.6 Å². The number of anilines is 1. The summed E-state index contributed by atoms with van der Waals surface area (Å²) in [5.41, 5.74) is 2.40. The van der Waals surface area contributed by atoms with Crippen LogP contribution < -0.4 is 10.6 Å². The van der Waals surface area contributed by atoms with Gasteiger partial charge < -0.3 is 15.4 Å². The molecule has 4 heteroatoms. The zero-order valence-electron chi connectivity index (χ0n) is 11.2. The number of ether oxygens (including phenoxy) is 1. The van der Waals surface area contributed by atoms with E-state index in [2.05, 4.69) is 22.8 Å². The Labute approximate surface area is 113 Å². The van der Waals surface area contributed by atoms with E-state index in [1.807, 2.05) is 12.1 Å². The lowest BCUT2D eigenvalue weighted by Crippen LogP contribution is -2.50. The number of hydrogen-bond donors (Lipinski definition) is 2. The zero-order chi connectivity index (χ0) is 13.2. The molecule has 4 nitrogen and oxygen atoms in total. The maximum absolute atomic E-state index is 12.2. The van der Waals surface area contributed by atoms with Gasteiger partial charge in [0.25, 0.3) is 0 Å². The van der Waals surface area contributed by atoms with Crippen molar-refractivity contribution < 1.29 is 9.53 Å². The summed E-state index contributed by atoms with van der Waals surface area (Å²) in [5, 5.41) is 6.46. The molecule has 0 spiro atoms. The number of fused-ring (bicyclic) bond motifs is 1. The van der Waals surface area contributed by atoms with Crippen molar-refractivity contribution in [1.29, 1.82) is 0 Å². The minimum atomic E-state index is 0.0384. The molecule has 1 fully saturated rings. The van der Waals surface area contributed by atoms with Crippen LogP contribution in [0, 0.1) is 5.92 Å². The molecule has 1 aromatic carbocycles. The Kier molecular flexibility index (Phi) is 3.42. The first-order valence-corrected chi connectivity index (χ1v) is 6.91. The molecule has 2 N–H and O–H groups in total. The Bertz CT molecular complexity index is 469. The van der Waals surface area contributed by atoms with Gasteiger partial charge >= 0.3 is 0 Å². The molecule has 1 aliphatic carbocycles. The highest BCUT2D eigenvalue weighted by Gasteiger charge is 2.32. The molecule has 2 aliphatic rings. The monoisotopic (exact) mass is 260 g/mol. The molecule has 1 aromatic rings. The van der Waals surface area contributed by atoms with Gasteiger partial charge in [0.05, 0.1) is 12.0 Å². The fourth-order valence-corrected chi connectivity index (χ4v) is 2.82. The highest BCUT2D eigenvalue weighted by molar-refractivity contribution is 5.81. The van der Waals surface area contributed by atoms with E-state index in [4.69, 9.17) is 4.74 Å². The van der Waals surface area contributed by atoms with E-state index in [0.717, 1.165) is 31.5 Å². The van der Waals surface area contributed by atoms with E-state index >= 15 is 0 Å². The summed E-state index contributed by atoms with van der Waals surface area (Å²) in [4.78, 5) is 12.2. The molecule has 1 heterocycles. The standard InChI is InChI=1S/C15H20N2O2/c1-19-13-7-12(8-13)17-15(18)11-6-10-4-2-3-5-14(10)16-9-11/h2-5,11-13,16H,6-9H2,1H3,(H,17,18). The summed E-state index contributed by atoms with van der Waals surface area (Å²) in [5.74, 6) is 0.207. The number of benzene rings is 1. The topological polar surface area (TPSA) is 50.4 Å². The highest BCUT2D eigenvalue weighted by atomic mass is 16.5. The third kappa shape index (κ3) is 2.59. The van der Waals surface area contributed by atoms with Crippen LogP contribution in [0.1, 0.15) is 18.4 Å². The molecule has 0 radical (unpaired) electrons. The van der Waals surface area contributed by atoms with Crippen LogP contribution in [0.25, 0.3) is 0 Å². The molecular weight excluding hydrogens is 240 g/mol. The maximum Gasteiger partial charge on any atom is 0.225 e. The molecule has 1 atom stereocenters. The van der Waals surface area contributed by atoms with Crippen LogP contribution in [0.3, 0.4) is 0 Å². The van der Waals surface area contributed by atoms with Gasteiger partial charge in [0.2, 0.25) is 5.91 Å². The number of amides is 1. The predicted octanol–water partition coefficient (Wildman–Crippen LogP) is 1.56. The Balaban J connectivity index is 1.55. The lowest BCUT2D eigenvalue weighted by molar-refractivity contribution is -0.127. The Morgan fingerprint density at radius 1 is 1.37 bits per heavy atom. The molecule has 3 rings (SSSR count). The molecule has 1 aliphatic heterocycles. The summed E-state index contributed by atoms with van der Waals surface area (Å²) >= 11 is 0. The van der Waals surface area contributed by atoms with Crippen molar-refractivity contribution in [3.8, 4) is 0 Å². The number of carbonyl (C=O) groups excluding carboxylic acids is 1. The number of hydrogen-bond acceptors (Lipinski definition) is 3. The summed E-state index contributed by atoms with van der Waals surface area (Å²) < 4.78 is 5.23. The Morgan fingerprint density at radius 3 is 2.95 bits per heavy atom. The Morgan fingerprint density at radius 2 is 2.16 bits per heavy atom. The molecule has 0 aromatic heterocycles. The van der Waals surface area contributed by atoms with Gasteiger partial charge in [-0.05, 0) is 30.9 Å². The van der Waals surface area contributed by atoms with Crippen LogP contribution >= 0.6 is 0 Å². The summed E-state index contributed by atoms with van der Waals surface area (Å²) in [6, 6.07) is 8.50. The number of methoxy groups -OCH3 is 1. The van der Waals surface area contributed by atoms with Crippen molar-refractivity contribution in [2.45, 2.75) is 31.4 Å². The molecule has 0 bridgehead atoms. The number of nitrogens with one attached hydrogen (secondary N) is 2. The first kappa shape index (κ1) is 12.5. The first-order valence-electron chi connectivity index (χ1n) is 6.91. The van der Waals surface area contributed by atoms with Crippen LogP contribution in [-0.2, 0) is 16.0 Å². The molecule has 1 saturated carbocycles. The van der Waals surface area contributed by atoms with Crippen molar-refractivity contribution in [2.24, 2.45) is 5.92 Å². The normalized spacial score (nSPS) is 28.8. The number of carbonyl (C=O) groups is 1. The lowest BCUT2D eigenvalue weighted by atomic mass is 9.87. The van der Waals surface area contributed by atoms with Gasteiger partial charge in [-0.1, -0.05) is 18.2 Å². The van der Waals surface area contributed by atoms with Crippen molar-refractivity contribution in [2.75, 3.05) is 19.0 Å². The first-order chi connectivity index (χ1) is 9.26. The Hall–Kier alpha value is -1.55. The second-order valence-corrected chi connectivity index (χ2v) is 5.47. The van der Waals surface area contributed by atoms with Crippen molar-refractivity contribution in [3.05, 3.63) is 29.8 Å². The van der Waals surface area contributed by atoms with Crippen LogP contribution in [0.15, 0.2) is 24.3 Å². The average molecular weight is 260 g/mol. The van der Waals surface area contributed by atoms with Gasteiger partial charge in [-0.2, -0.15) is 0 Å². The van der Waals surface area contributed by atoms with Crippen molar-refractivity contribution in [1.82, 2.24) is 5.32 Å². The van der Waals surface area contributed by atoms with Gasteiger partial charge in [-0.15, -0.1) is 0 Å². The van der Waals surface area contributed by atoms with Gasteiger partial charge in [0.15, 0.2) is 0 Å². The van der Waals surface area contributed by atoms with Gasteiger partial charge in [-0.25, -0.2) is 0 Å². The van der Waals surface area contributed by atoms with E-state index in [1.54, 1.807) is 7.11 Å². The maximum atomic E-state index is 12.2. The fraction of sp³-hybridized carbons (Fsp3) is 0.533. The minimum absolute atomic E-state index is 0.0384. The van der Waals surface area contributed by atoms with Crippen LogP contribution in [0.4, 0.5) is 5.69 Å².